The molecular weight excluding hydrogens is 356 g/mol. The first kappa shape index (κ1) is 16.2. The van der Waals surface area contributed by atoms with Crippen LogP contribution < -0.4 is 10.5 Å². The maximum atomic E-state index is 12.6. The average molecular weight is 370 g/mol. The molecule has 0 aliphatic heterocycles. The van der Waals surface area contributed by atoms with Crippen LogP contribution in [0.25, 0.3) is 22.4 Å². The molecule has 0 aliphatic rings. The second-order valence-electron chi connectivity index (χ2n) is 5.70. The number of aryl methyl sites for hydroxylation is 1. The van der Waals surface area contributed by atoms with E-state index in [4.69, 9.17) is 4.42 Å². The van der Waals surface area contributed by atoms with E-state index in [1.807, 2.05) is 0 Å². The fourth-order valence-corrected chi connectivity index (χ4v) is 3.70. The van der Waals surface area contributed by atoms with Gasteiger partial charge in [-0.3, -0.25) is 9.29 Å². The van der Waals surface area contributed by atoms with Gasteiger partial charge in [0.15, 0.2) is 5.58 Å². The molecule has 4 rings (SSSR count). The molecule has 0 aliphatic carbocycles. The lowest BCUT2D eigenvalue weighted by Crippen LogP contribution is -2.12. The number of imidazole rings is 1. The molecule has 0 bridgehead atoms. The summed E-state index contributed by atoms with van der Waals surface area (Å²) in [5.74, 6) is -0.545. The molecule has 4 aromatic rings. The molecule has 0 radical (unpaired) electrons. The minimum Gasteiger partial charge on any atom is -0.408 e. The number of sulfonamides is 1. The zero-order valence-corrected chi connectivity index (χ0v) is 14.4. The smallest absolute Gasteiger partial charge is 0.408 e. The van der Waals surface area contributed by atoms with Gasteiger partial charge in [-0.05, 0) is 29.8 Å². The van der Waals surface area contributed by atoms with Crippen molar-refractivity contribution in [3.8, 4) is 11.3 Å². The molecule has 0 atom stereocenters. The monoisotopic (exact) mass is 370 g/mol. The van der Waals surface area contributed by atoms with Crippen LogP contribution in [0.15, 0.2) is 69.1 Å². The molecule has 0 saturated carbocycles. The molecule has 0 unspecified atom stereocenters. The van der Waals surface area contributed by atoms with Gasteiger partial charge >= 0.3 is 5.76 Å². The number of fused-ring (bicyclic) bond motifs is 1. The van der Waals surface area contributed by atoms with E-state index < -0.39 is 15.8 Å². The highest BCUT2D eigenvalue weighted by Crippen LogP contribution is 2.23. The highest BCUT2D eigenvalue weighted by Gasteiger charge is 2.17. The van der Waals surface area contributed by atoms with Crippen molar-refractivity contribution < 1.29 is 12.8 Å². The molecule has 0 amide bonds. The van der Waals surface area contributed by atoms with Gasteiger partial charge in [0.1, 0.15) is 0 Å². The van der Waals surface area contributed by atoms with Gasteiger partial charge in [0, 0.05) is 18.8 Å². The maximum Gasteiger partial charge on any atom is 0.419 e. The van der Waals surface area contributed by atoms with E-state index in [0.717, 1.165) is 11.3 Å². The maximum absolute atomic E-state index is 12.6. The van der Waals surface area contributed by atoms with E-state index in [1.54, 1.807) is 43.8 Å². The summed E-state index contributed by atoms with van der Waals surface area (Å²) in [6, 6.07) is 11.2. The number of aromatic amines is 1. The third kappa shape index (κ3) is 2.78. The molecular formula is C17H14N4O4S. The van der Waals surface area contributed by atoms with Crippen molar-refractivity contribution in [2.75, 3.05) is 4.72 Å². The number of nitrogens with zero attached hydrogens (tertiary/aromatic N) is 2. The molecule has 2 aromatic carbocycles. The molecule has 2 heterocycles. The summed E-state index contributed by atoms with van der Waals surface area (Å²) in [6.07, 6.45) is 3.26. The Balaban J connectivity index is 1.63. The third-order valence-corrected chi connectivity index (χ3v) is 5.40. The molecule has 0 spiro atoms. The molecule has 0 saturated heterocycles. The number of oxazole rings is 1. The van der Waals surface area contributed by atoms with Gasteiger partial charge in [-0.15, -0.1) is 0 Å². The highest BCUT2D eigenvalue weighted by atomic mass is 32.2. The summed E-state index contributed by atoms with van der Waals surface area (Å²) in [5.41, 5.74) is 2.89. The molecule has 2 N–H and O–H groups in total. The fourth-order valence-electron chi connectivity index (χ4n) is 2.63. The van der Waals surface area contributed by atoms with Crippen molar-refractivity contribution in [3.63, 3.8) is 0 Å². The Morgan fingerprint density at radius 3 is 2.62 bits per heavy atom. The summed E-state index contributed by atoms with van der Waals surface area (Å²) in [5, 5.41) is 0. The molecule has 2 aromatic heterocycles. The lowest BCUT2D eigenvalue weighted by molar-refractivity contribution is 0.527. The van der Waals surface area contributed by atoms with Crippen LogP contribution in [0.2, 0.25) is 0 Å². The van der Waals surface area contributed by atoms with Gasteiger partial charge in [0.25, 0.3) is 10.0 Å². The zero-order valence-electron chi connectivity index (χ0n) is 13.6. The van der Waals surface area contributed by atoms with E-state index >= 15 is 0 Å². The van der Waals surface area contributed by atoms with Crippen molar-refractivity contribution >= 4 is 26.8 Å². The fraction of sp³-hybridized carbons (Fsp3) is 0.0588. The number of hydrogen-bond acceptors (Lipinski definition) is 5. The summed E-state index contributed by atoms with van der Waals surface area (Å²) < 4.78 is 34.1. The Labute approximate surface area is 148 Å². The Morgan fingerprint density at radius 1 is 1.15 bits per heavy atom. The van der Waals surface area contributed by atoms with Gasteiger partial charge in [-0.25, -0.2) is 18.2 Å². The van der Waals surface area contributed by atoms with E-state index in [1.165, 1.54) is 22.8 Å². The number of rotatable bonds is 4. The van der Waals surface area contributed by atoms with Crippen LogP contribution in [0.4, 0.5) is 5.69 Å². The predicted molar refractivity (Wildman–Crippen MR) is 96.3 cm³/mol. The number of H-pyrrole nitrogens is 1. The lowest BCUT2D eigenvalue weighted by Gasteiger charge is -2.08. The largest absolute Gasteiger partial charge is 0.419 e. The molecule has 9 heteroatoms. The number of aromatic nitrogens is 3. The summed E-state index contributed by atoms with van der Waals surface area (Å²) in [7, 11) is -2.26. The molecule has 26 heavy (non-hydrogen) atoms. The normalized spacial score (nSPS) is 11.7. The predicted octanol–water partition coefficient (Wildman–Crippen LogP) is 2.32. The van der Waals surface area contributed by atoms with Gasteiger partial charge < -0.3 is 9.40 Å². The van der Waals surface area contributed by atoms with Gasteiger partial charge in [0.05, 0.1) is 28.6 Å². The number of anilines is 1. The first-order chi connectivity index (χ1) is 12.4. The second-order valence-corrected chi connectivity index (χ2v) is 7.39. The van der Waals surface area contributed by atoms with Crippen molar-refractivity contribution in [2.45, 2.75) is 4.90 Å². The quantitative estimate of drug-likeness (QED) is 0.573. The van der Waals surface area contributed by atoms with E-state index in [-0.39, 0.29) is 10.5 Å². The second kappa shape index (κ2) is 5.88. The summed E-state index contributed by atoms with van der Waals surface area (Å²) in [6.45, 7) is 0. The van der Waals surface area contributed by atoms with Crippen LogP contribution in [0, 0.1) is 0 Å². The van der Waals surface area contributed by atoms with Crippen LogP contribution in [0.3, 0.4) is 0 Å². The number of benzene rings is 2. The van der Waals surface area contributed by atoms with Crippen molar-refractivity contribution in [1.29, 1.82) is 0 Å². The summed E-state index contributed by atoms with van der Waals surface area (Å²) in [4.78, 5) is 18.5. The average Bonchev–Trinajstić information content (AvgIpc) is 3.24. The molecule has 132 valence electrons. The SMILES string of the molecule is Cn1c(=O)oc2cc(S(=O)(=O)Nc3ccc(-c4cnc[nH]4)cc3)ccc21. The third-order valence-electron chi connectivity index (χ3n) is 4.02. The Morgan fingerprint density at radius 2 is 1.92 bits per heavy atom. The Hall–Kier alpha value is -3.33. The first-order valence-electron chi connectivity index (χ1n) is 7.65. The molecule has 0 fully saturated rings. The van der Waals surface area contributed by atoms with Crippen molar-refractivity contribution in [2.24, 2.45) is 7.05 Å². The standard InChI is InChI=1S/C17H14N4O4S/c1-21-15-7-6-13(8-16(15)25-17(21)22)26(23,24)20-12-4-2-11(3-5-12)14-9-18-10-19-14/h2-10,20H,1H3,(H,18,19). The number of nitrogens with one attached hydrogen (secondary N) is 2. The van der Waals surface area contributed by atoms with E-state index in [0.29, 0.717) is 11.2 Å². The van der Waals surface area contributed by atoms with Crippen LogP contribution in [0.1, 0.15) is 0 Å². The first-order valence-corrected chi connectivity index (χ1v) is 9.13. The zero-order chi connectivity index (χ0) is 18.3. The lowest BCUT2D eigenvalue weighted by atomic mass is 10.1. The van der Waals surface area contributed by atoms with Gasteiger partial charge in [0.2, 0.25) is 0 Å². The van der Waals surface area contributed by atoms with E-state index in [9.17, 15) is 13.2 Å². The highest BCUT2D eigenvalue weighted by molar-refractivity contribution is 7.92. The van der Waals surface area contributed by atoms with Gasteiger partial charge in [-0.2, -0.15) is 0 Å². The Bertz CT molecular complexity index is 1240. The van der Waals surface area contributed by atoms with Gasteiger partial charge in [-0.1, -0.05) is 12.1 Å². The van der Waals surface area contributed by atoms with Crippen molar-refractivity contribution in [1.82, 2.24) is 14.5 Å². The number of hydrogen-bond donors (Lipinski definition) is 2. The minimum atomic E-state index is -3.82. The topological polar surface area (TPSA) is 110 Å². The van der Waals surface area contributed by atoms with Crippen LogP contribution in [-0.4, -0.2) is 23.0 Å². The van der Waals surface area contributed by atoms with Crippen LogP contribution in [0.5, 0.6) is 0 Å². The van der Waals surface area contributed by atoms with Crippen molar-refractivity contribution in [3.05, 3.63) is 65.5 Å². The van der Waals surface area contributed by atoms with E-state index in [2.05, 4.69) is 14.7 Å². The molecule has 8 nitrogen and oxygen atoms in total. The van der Waals surface area contributed by atoms with Crippen LogP contribution >= 0.6 is 0 Å². The minimum absolute atomic E-state index is 0.0111. The Kier molecular flexibility index (Phi) is 3.66. The van der Waals surface area contributed by atoms with Crippen LogP contribution in [-0.2, 0) is 17.1 Å². The summed E-state index contributed by atoms with van der Waals surface area (Å²) >= 11 is 0.